The van der Waals surface area contributed by atoms with E-state index in [1.54, 1.807) is 17.8 Å². The largest absolute Gasteiger partial charge is 0.449 e. The minimum absolute atomic E-state index is 0.211. The Morgan fingerprint density at radius 3 is 2.56 bits per heavy atom. The molecule has 3 rings (SSSR count). The summed E-state index contributed by atoms with van der Waals surface area (Å²) in [6.07, 6.45) is 0.910. The number of nitrogens with one attached hydrogen (secondary N) is 2. The van der Waals surface area contributed by atoms with Crippen molar-refractivity contribution in [1.82, 2.24) is 20.6 Å². The fraction of sp³-hybridized carbons (Fsp3) is 0.150. The number of para-hydroxylation sites is 1. The number of aromatic nitrogens is 2. The average Bonchev–Trinajstić information content (AvgIpc) is 3.13. The molecule has 27 heavy (non-hydrogen) atoms. The van der Waals surface area contributed by atoms with Gasteiger partial charge < -0.3 is 4.74 Å². The van der Waals surface area contributed by atoms with Crippen molar-refractivity contribution in [3.63, 3.8) is 0 Å². The van der Waals surface area contributed by atoms with Gasteiger partial charge in [-0.2, -0.15) is 5.10 Å². The number of rotatable bonds is 4. The van der Waals surface area contributed by atoms with Gasteiger partial charge in [0.25, 0.3) is 5.91 Å². The van der Waals surface area contributed by atoms with E-state index in [1.807, 2.05) is 61.5 Å². The maximum absolute atomic E-state index is 12.6. The quantitative estimate of drug-likeness (QED) is 0.696. The highest BCUT2D eigenvalue weighted by atomic mass is 16.5. The number of ether oxygens (including phenoxy) is 1. The normalized spacial score (nSPS) is 10.3. The molecule has 0 fully saturated rings. The van der Waals surface area contributed by atoms with Crippen molar-refractivity contribution in [3.05, 3.63) is 71.9 Å². The van der Waals surface area contributed by atoms with E-state index in [0.717, 1.165) is 16.8 Å². The first-order valence-electron chi connectivity index (χ1n) is 8.53. The number of hydrazine groups is 1. The van der Waals surface area contributed by atoms with Gasteiger partial charge >= 0.3 is 6.09 Å². The minimum Gasteiger partial charge on any atom is -0.449 e. The van der Waals surface area contributed by atoms with Crippen molar-refractivity contribution in [1.29, 1.82) is 0 Å². The first-order chi connectivity index (χ1) is 13.1. The van der Waals surface area contributed by atoms with Gasteiger partial charge in [-0.25, -0.2) is 14.9 Å². The molecule has 0 bridgehead atoms. The zero-order valence-corrected chi connectivity index (χ0v) is 15.1. The van der Waals surface area contributed by atoms with Gasteiger partial charge in [-0.3, -0.25) is 10.2 Å². The third-order valence-corrected chi connectivity index (χ3v) is 3.82. The number of benzene rings is 2. The van der Waals surface area contributed by atoms with Crippen LogP contribution in [0.15, 0.2) is 60.8 Å². The second-order valence-corrected chi connectivity index (χ2v) is 5.84. The van der Waals surface area contributed by atoms with Crippen LogP contribution >= 0.6 is 0 Å². The molecule has 0 aliphatic rings. The van der Waals surface area contributed by atoms with Crippen LogP contribution in [0.1, 0.15) is 22.8 Å². The monoisotopic (exact) mass is 364 g/mol. The first-order valence-corrected chi connectivity index (χ1v) is 8.53. The first kappa shape index (κ1) is 18.2. The second-order valence-electron chi connectivity index (χ2n) is 5.84. The van der Waals surface area contributed by atoms with Gasteiger partial charge in [0.05, 0.1) is 17.9 Å². The molecule has 7 nitrogen and oxygen atoms in total. The summed E-state index contributed by atoms with van der Waals surface area (Å²) in [4.78, 5) is 24.1. The highest BCUT2D eigenvalue weighted by Gasteiger charge is 2.19. The lowest BCUT2D eigenvalue weighted by molar-refractivity contribution is 0.0913. The highest BCUT2D eigenvalue weighted by molar-refractivity contribution is 6.00. The molecule has 0 saturated carbocycles. The van der Waals surface area contributed by atoms with Crippen LogP contribution in [-0.4, -0.2) is 28.4 Å². The molecule has 0 spiro atoms. The summed E-state index contributed by atoms with van der Waals surface area (Å²) in [6, 6.07) is 17.2. The number of hydrogen-bond acceptors (Lipinski definition) is 4. The summed E-state index contributed by atoms with van der Waals surface area (Å²) < 4.78 is 6.38. The maximum Gasteiger partial charge on any atom is 0.426 e. The van der Waals surface area contributed by atoms with Gasteiger partial charge in [-0.1, -0.05) is 42.0 Å². The van der Waals surface area contributed by atoms with E-state index in [1.165, 1.54) is 0 Å². The number of carbonyl (C=O) groups excluding carboxylic acids is 2. The van der Waals surface area contributed by atoms with Gasteiger partial charge in [-0.15, -0.1) is 0 Å². The second kappa shape index (κ2) is 8.18. The van der Waals surface area contributed by atoms with Crippen molar-refractivity contribution in [2.24, 2.45) is 0 Å². The zero-order chi connectivity index (χ0) is 19.2. The van der Waals surface area contributed by atoms with Crippen molar-refractivity contribution in [2.45, 2.75) is 13.8 Å². The molecule has 0 atom stereocenters. The van der Waals surface area contributed by atoms with Gasteiger partial charge in [0.2, 0.25) is 0 Å². The van der Waals surface area contributed by atoms with Gasteiger partial charge in [0.1, 0.15) is 5.69 Å². The van der Waals surface area contributed by atoms with Crippen LogP contribution in [0, 0.1) is 6.92 Å². The number of hydrogen-bond donors (Lipinski definition) is 2. The van der Waals surface area contributed by atoms with Gasteiger partial charge in [0, 0.05) is 11.8 Å². The van der Waals surface area contributed by atoms with Crippen molar-refractivity contribution in [2.75, 3.05) is 6.61 Å². The van der Waals surface area contributed by atoms with Crippen molar-refractivity contribution in [3.8, 4) is 16.9 Å². The van der Waals surface area contributed by atoms with E-state index in [2.05, 4.69) is 16.0 Å². The fourth-order valence-electron chi connectivity index (χ4n) is 2.60. The Bertz CT molecular complexity index is 951. The van der Waals surface area contributed by atoms with Gasteiger partial charge in [-0.05, 0) is 32.0 Å². The molecule has 2 aromatic carbocycles. The average molecular weight is 364 g/mol. The Kier molecular flexibility index (Phi) is 5.51. The summed E-state index contributed by atoms with van der Waals surface area (Å²) in [6.45, 7) is 3.86. The Labute approximate surface area is 156 Å². The number of aryl methyl sites for hydroxylation is 1. The summed E-state index contributed by atoms with van der Waals surface area (Å²) in [7, 11) is 0. The Hall–Kier alpha value is -3.61. The van der Waals surface area contributed by atoms with E-state index in [9.17, 15) is 9.59 Å². The van der Waals surface area contributed by atoms with Crippen LogP contribution < -0.4 is 10.9 Å². The molecule has 7 heteroatoms. The molecule has 1 aromatic heterocycles. The lowest BCUT2D eigenvalue weighted by atomic mass is 10.1. The van der Waals surface area contributed by atoms with Crippen molar-refractivity contribution >= 4 is 12.0 Å². The summed E-state index contributed by atoms with van der Waals surface area (Å²) in [5.41, 5.74) is 8.12. The third-order valence-electron chi connectivity index (χ3n) is 3.82. The molecule has 0 aliphatic heterocycles. The third kappa shape index (κ3) is 4.33. The van der Waals surface area contributed by atoms with E-state index in [-0.39, 0.29) is 6.61 Å². The fourth-order valence-corrected chi connectivity index (χ4v) is 2.60. The molecule has 138 valence electrons. The molecule has 0 saturated heterocycles. The highest BCUT2D eigenvalue weighted by Crippen LogP contribution is 2.24. The molecular weight excluding hydrogens is 344 g/mol. The topological polar surface area (TPSA) is 85.3 Å². The van der Waals surface area contributed by atoms with Crippen LogP contribution in [0.4, 0.5) is 4.79 Å². The lowest BCUT2D eigenvalue weighted by Crippen LogP contribution is -2.42. The summed E-state index contributed by atoms with van der Waals surface area (Å²) >= 11 is 0. The minimum atomic E-state index is -0.724. The molecule has 1 heterocycles. The molecule has 0 aliphatic carbocycles. The predicted molar refractivity (Wildman–Crippen MR) is 101 cm³/mol. The molecule has 2 N–H and O–H groups in total. The Morgan fingerprint density at radius 2 is 1.85 bits per heavy atom. The van der Waals surface area contributed by atoms with E-state index in [4.69, 9.17) is 4.74 Å². The maximum atomic E-state index is 12.6. The Morgan fingerprint density at radius 1 is 1.07 bits per heavy atom. The van der Waals surface area contributed by atoms with E-state index < -0.39 is 12.0 Å². The number of carbonyl (C=O) groups is 2. The SMILES string of the molecule is CCOC(=O)NNC(=O)c1cn(-c2ccccc2)nc1-c1cccc(C)c1. The van der Waals surface area contributed by atoms with Crippen LogP contribution in [0.2, 0.25) is 0 Å². The van der Waals surface area contributed by atoms with Crippen LogP contribution in [0.25, 0.3) is 16.9 Å². The van der Waals surface area contributed by atoms with Gasteiger partial charge in [0.15, 0.2) is 0 Å². The van der Waals surface area contributed by atoms with Crippen molar-refractivity contribution < 1.29 is 14.3 Å². The van der Waals surface area contributed by atoms with Crippen LogP contribution in [0.3, 0.4) is 0 Å². The summed E-state index contributed by atoms with van der Waals surface area (Å²) in [5, 5.41) is 4.59. The zero-order valence-electron chi connectivity index (χ0n) is 15.1. The number of amides is 2. The van der Waals surface area contributed by atoms with Crippen LogP contribution in [-0.2, 0) is 4.74 Å². The molecule has 0 radical (unpaired) electrons. The van der Waals surface area contributed by atoms with Crippen LogP contribution in [0.5, 0.6) is 0 Å². The molecule has 0 unspecified atom stereocenters. The predicted octanol–water partition coefficient (Wildman–Crippen LogP) is 3.24. The molecular formula is C20H20N4O3. The lowest BCUT2D eigenvalue weighted by Gasteiger charge is -2.07. The molecule has 2 amide bonds. The smallest absolute Gasteiger partial charge is 0.426 e. The summed E-state index contributed by atoms with van der Waals surface area (Å²) in [5.74, 6) is -0.484. The molecule has 3 aromatic rings. The Balaban J connectivity index is 1.96. The number of nitrogens with zero attached hydrogens (tertiary/aromatic N) is 2. The van der Waals surface area contributed by atoms with E-state index >= 15 is 0 Å². The van der Waals surface area contributed by atoms with E-state index in [0.29, 0.717) is 11.3 Å². The standard InChI is InChI=1S/C20H20N4O3/c1-3-27-20(26)22-21-19(25)17-13-24(16-10-5-4-6-11-16)23-18(17)15-9-7-8-14(2)12-15/h4-13H,3H2,1-2H3,(H,21,25)(H,22,26).